The standard InChI is InChI=1S/C17H20BrN/c1-3-5-14-8-10-17(11-9-14)19-13(2)15-6-4-7-16(18)12-15/h4,6-13,19H,3,5H2,1-2H3. The van der Waals surface area contributed by atoms with Gasteiger partial charge in [-0.25, -0.2) is 0 Å². The molecule has 1 N–H and O–H groups in total. The van der Waals surface area contributed by atoms with Gasteiger partial charge in [-0.3, -0.25) is 0 Å². The van der Waals surface area contributed by atoms with E-state index < -0.39 is 0 Å². The predicted molar refractivity (Wildman–Crippen MR) is 86.6 cm³/mol. The molecule has 0 aliphatic carbocycles. The summed E-state index contributed by atoms with van der Waals surface area (Å²) < 4.78 is 1.12. The Bertz CT molecular complexity index is 519. The largest absolute Gasteiger partial charge is 0.379 e. The summed E-state index contributed by atoms with van der Waals surface area (Å²) in [5.41, 5.74) is 3.86. The molecule has 2 heteroatoms. The lowest BCUT2D eigenvalue weighted by atomic mass is 10.1. The molecule has 0 heterocycles. The van der Waals surface area contributed by atoms with Gasteiger partial charge in [0.2, 0.25) is 0 Å². The predicted octanol–water partition coefficient (Wildman–Crippen LogP) is 5.57. The third-order valence-corrected chi connectivity index (χ3v) is 3.72. The van der Waals surface area contributed by atoms with Gasteiger partial charge in [-0.05, 0) is 48.7 Å². The number of halogens is 1. The van der Waals surface area contributed by atoms with Gasteiger partial charge in [0, 0.05) is 16.2 Å². The van der Waals surface area contributed by atoms with E-state index in [0.717, 1.165) is 10.9 Å². The van der Waals surface area contributed by atoms with Crippen LogP contribution in [-0.2, 0) is 6.42 Å². The topological polar surface area (TPSA) is 12.0 Å². The summed E-state index contributed by atoms with van der Waals surface area (Å²) in [4.78, 5) is 0. The van der Waals surface area contributed by atoms with Gasteiger partial charge >= 0.3 is 0 Å². The Morgan fingerprint density at radius 1 is 1.11 bits per heavy atom. The molecule has 2 aromatic rings. The van der Waals surface area contributed by atoms with Gasteiger partial charge in [0.1, 0.15) is 0 Å². The number of benzene rings is 2. The molecule has 0 saturated heterocycles. The molecular formula is C17H20BrN. The van der Waals surface area contributed by atoms with E-state index >= 15 is 0 Å². The fraction of sp³-hybridized carbons (Fsp3) is 0.294. The number of nitrogens with one attached hydrogen (secondary N) is 1. The lowest BCUT2D eigenvalue weighted by molar-refractivity contribution is 0.882. The molecule has 1 atom stereocenters. The highest BCUT2D eigenvalue weighted by molar-refractivity contribution is 9.10. The van der Waals surface area contributed by atoms with Crippen molar-refractivity contribution in [3.63, 3.8) is 0 Å². The molecule has 0 aliphatic heterocycles. The molecule has 1 nitrogen and oxygen atoms in total. The molecule has 19 heavy (non-hydrogen) atoms. The van der Waals surface area contributed by atoms with Crippen LogP contribution in [0.1, 0.15) is 37.4 Å². The quantitative estimate of drug-likeness (QED) is 0.759. The van der Waals surface area contributed by atoms with Crippen LogP contribution >= 0.6 is 15.9 Å². The monoisotopic (exact) mass is 317 g/mol. The molecule has 0 saturated carbocycles. The van der Waals surface area contributed by atoms with E-state index in [1.807, 2.05) is 0 Å². The van der Waals surface area contributed by atoms with Crippen molar-refractivity contribution in [2.24, 2.45) is 0 Å². The minimum atomic E-state index is 0.300. The van der Waals surface area contributed by atoms with E-state index in [1.165, 1.54) is 23.2 Å². The molecule has 0 aromatic heterocycles. The van der Waals surface area contributed by atoms with E-state index in [2.05, 4.69) is 83.6 Å². The maximum atomic E-state index is 3.53. The van der Waals surface area contributed by atoms with Crippen LogP contribution in [0.4, 0.5) is 5.69 Å². The van der Waals surface area contributed by atoms with Crippen molar-refractivity contribution in [1.82, 2.24) is 0 Å². The molecule has 0 amide bonds. The van der Waals surface area contributed by atoms with Crippen molar-refractivity contribution in [2.75, 3.05) is 5.32 Å². The van der Waals surface area contributed by atoms with Crippen LogP contribution < -0.4 is 5.32 Å². The first-order valence-electron chi connectivity index (χ1n) is 6.80. The maximum Gasteiger partial charge on any atom is 0.0486 e. The second-order valence-corrected chi connectivity index (χ2v) is 5.78. The van der Waals surface area contributed by atoms with E-state index in [0.29, 0.717) is 6.04 Å². The van der Waals surface area contributed by atoms with Crippen molar-refractivity contribution in [3.8, 4) is 0 Å². The Balaban J connectivity index is 2.04. The van der Waals surface area contributed by atoms with Crippen molar-refractivity contribution in [1.29, 1.82) is 0 Å². The lowest BCUT2D eigenvalue weighted by Gasteiger charge is -2.16. The molecule has 0 radical (unpaired) electrons. The molecule has 0 fully saturated rings. The number of aryl methyl sites for hydroxylation is 1. The average molecular weight is 318 g/mol. The van der Waals surface area contributed by atoms with Gasteiger partial charge < -0.3 is 5.32 Å². The second kappa shape index (κ2) is 6.76. The summed E-state index contributed by atoms with van der Waals surface area (Å²) in [5.74, 6) is 0. The van der Waals surface area contributed by atoms with Crippen LogP contribution in [0.2, 0.25) is 0 Å². The zero-order chi connectivity index (χ0) is 13.7. The van der Waals surface area contributed by atoms with Gasteiger partial charge in [0.25, 0.3) is 0 Å². The number of hydrogen-bond donors (Lipinski definition) is 1. The summed E-state index contributed by atoms with van der Waals surface area (Å²) in [6.45, 7) is 4.39. The van der Waals surface area contributed by atoms with Crippen LogP contribution in [-0.4, -0.2) is 0 Å². The molecule has 0 aliphatic rings. The first-order valence-corrected chi connectivity index (χ1v) is 7.59. The molecule has 1 unspecified atom stereocenters. The normalized spacial score (nSPS) is 12.2. The Morgan fingerprint density at radius 2 is 1.84 bits per heavy atom. The van der Waals surface area contributed by atoms with Crippen molar-refractivity contribution in [3.05, 3.63) is 64.1 Å². The minimum absolute atomic E-state index is 0.300. The molecule has 100 valence electrons. The van der Waals surface area contributed by atoms with Crippen molar-refractivity contribution in [2.45, 2.75) is 32.7 Å². The van der Waals surface area contributed by atoms with E-state index in [1.54, 1.807) is 0 Å². The van der Waals surface area contributed by atoms with Gasteiger partial charge in [0.15, 0.2) is 0 Å². The van der Waals surface area contributed by atoms with Crippen LogP contribution in [0.5, 0.6) is 0 Å². The summed E-state index contributed by atoms with van der Waals surface area (Å²) in [7, 11) is 0. The number of rotatable bonds is 5. The first-order chi connectivity index (χ1) is 9.19. The lowest BCUT2D eigenvalue weighted by Crippen LogP contribution is -2.06. The third kappa shape index (κ3) is 4.10. The average Bonchev–Trinajstić information content (AvgIpc) is 2.41. The van der Waals surface area contributed by atoms with Crippen molar-refractivity contribution >= 4 is 21.6 Å². The van der Waals surface area contributed by atoms with Crippen LogP contribution in [0.3, 0.4) is 0 Å². The highest BCUT2D eigenvalue weighted by Gasteiger charge is 2.05. The zero-order valence-electron chi connectivity index (χ0n) is 11.5. The van der Waals surface area contributed by atoms with Crippen LogP contribution in [0, 0.1) is 0 Å². The van der Waals surface area contributed by atoms with Gasteiger partial charge in [-0.1, -0.05) is 53.5 Å². The molecule has 0 bridgehead atoms. The second-order valence-electron chi connectivity index (χ2n) is 4.87. The highest BCUT2D eigenvalue weighted by atomic mass is 79.9. The third-order valence-electron chi connectivity index (χ3n) is 3.22. The summed E-state index contributed by atoms with van der Waals surface area (Å²) >= 11 is 3.51. The summed E-state index contributed by atoms with van der Waals surface area (Å²) in [5, 5.41) is 3.53. The van der Waals surface area contributed by atoms with Gasteiger partial charge in [0.05, 0.1) is 0 Å². The highest BCUT2D eigenvalue weighted by Crippen LogP contribution is 2.22. The van der Waals surface area contributed by atoms with E-state index in [4.69, 9.17) is 0 Å². The fourth-order valence-electron chi connectivity index (χ4n) is 2.17. The van der Waals surface area contributed by atoms with E-state index in [-0.39, 0.29) is 0 Å². The fourth-order valence-corrected chi connectivity index (χ4v) is 2.58. The Hall–Kier alpha value is -1.28. The Morgan fingerprint density at radius 3 is 2.47 bits per heavy atom. The number of anilines is 1. The molecular weight excluding hydrogens is 298 g/mol. The molecule has 2 rings (SSSR count). The van der Waals surface area contributed by atoms with Crippen LogP contribution in [0.15, 0.2) is 53.0 Å². The van der Waals surface area contributed by atoms with Crippen LogP contribution in [0.25, 0.3) is 0 Å². The van der Waals surface area contributed by atoms with Gasteiger partial charge in [-0.2, -0.15) is 0 Å². The maximum absolute atomic E-state index is 3.53. The minimum Gasteiger partial charge on any atom is -0.379 e. The van der Waals surface area contributed by atoms with Crippen molar-refractivity contribution < 1.29 is 0 Å². The number of hydrogen-bond acceptors (Lipinski definition) is 1. The van der Waals surface area contributed by atoms with Gasteiger partial charge in [-0.15, -0.1) is 0 Å². The SMILES string of the molecule is CCCc1ccc(NC(C)c2cccc(Br)c2)cc1. The Labute approximate surface area is 124 Å². The van der Waals surface area contributed by atoms with E-state index in [9.17, 15) is 0 Å². The summed E-state index contributed by atoms with van der Waals surface area (Å²) in [6, 6.07) is 17.5. The first kappa shape index (κ1) is 14.1. The summed E-state index contributed by atoms with van der Waals surface area (Å²) in [6.07, 6.45) is 2.35. The Kier molecular flexibility index (Phi) is 5.03. The smallest absolute Gasteiger partial charge is 0.0486 e. The zero-order valence-corrected chi connectivity index (χ0v) is 13.1. The molecule has 0 spiro atoms. The molecule has 2 aromatic carbocycles.